The van der Waals surface area contributed by atoms with Crippen LogP contribution in [0.15, 0.2) is 15.5 Å². The van der Waals surface area contributed by atoms with Gasteiger partial charge in [-0.1, -0.05) is 0 Å². The molecule has 0 aromatic carbocycles. The number of nitrogens with zero attached hydrogens (tertiary/aromatic N) is 3. The van der Waals surface area contributed by atoms with E-state index in [0.717, 1.165) is 26.8 Å². The molecule has 4 heterocycles. The number of carbonyl (C=O) groups excluding carboxylic acids is 1. The molecule has 8 nitrogen and oxygen atoms in total. The zero-order valence-corrected chi connectivity index (χ0v) is 14.3. The second kappa shape index (κ2) is 5.13. The summed E-state index contributed by atoms with van der Waals surface area (Å²) < 4.78 is 12.7. The molecule has 1 aliphatic heterocycles. The maximum absolute atomic E-state index is 12.6. The van der Waals surface area contributed by atoms with Crippen molar-refractivity contribution in [2.45, 2.75) is 45.9 Å². The molecule has 25 heavy (non-hydrogen) atoms. The summed E-state index contributed by atoms with van der Waals surface area (Å²) >= 11 is 0. The van der Waals surface area contributed by atoms with E-state index in [1.165, 1.54) is 6.33 Å². The second-order valence-electron chi connectivity index (χ2n) is 6.98. The number of furan rings is 1. The normalized spacial score (nSPS) is 16.3. The van der Waals surface area contributed by atoms with Gasteiger partial charge in [0.15, 0.2) is 0 Å². The van der Waals surface area contributed by atoms with Gasteiger partial charge in [0.25, 0.3) is 5.56 Å². The summed E-state index contributed by atoms with van der Waals surface area (Å²) in [5.41, 5.74) is 8.21. The Labute approximate surface area is 142 Å². The van der Waals surface area contributed by atoms with Crippen molar-refractivity contribution in [2.24, 2.45) is 5.73 Å². The Morgan fingerprint density at radius 2 is 2.16 bits per heavy atom. The highest BCUT2D eigenvalue weighted by Crippen LogP contribution is 2.37. The maximum atomic E-state index is 12.6. The molecule has 130 valence electrons. The van der Waals surface area contributed by atoms with Crippen molar-refractivity contribution in [1.82, 2.24) is 14.5 Å². The van der Waals surface area contributed by atoms with E-state index in [1.807, 2.05) is 20.8 Å². The Morgan fingerprint density at radius 1 is 1.40 bits per heavy atom. The molecule has 1 aliphatic rings. The number of pyridine rings is 1. The van der Waals surface area contributed by atoms with Crippen LogP contribution < -0.4 is 11.3 Å². The van der Waals surface area contributed by atoms with Crippen LogP contribution in [0.25, 0.3) is 22.2 Å². The number of hydrogen-bond donors (Lipinski definition) is 1. The number of primary amides is 1. The minimum atomic E-state index is -0.621. The van der Waals surface area contributed by atoms with E-state index < -0.39 is 11.5 Å². The van der Waals surface area contributed by atoms with Gasteiger partial charge < -0.3 is 14.9 Å². The molecule has 0 spiro atoms. The monoisotopic (exact) mass is 342 g/mol. The van der Waals surface area contributed by atoms with Crippen LogP contribution in [-0.4, -0.2) is 26.0 Å². The van der Waals surface area contributed by atoms with E-state index in [-0.39, 0.29) is 17.7 Å². The quantitative estimate of drug-likeness (QED) is 0.748. The van der Waals surface area contributed by atoms with Crippen molar-refractivity contribution in [2.75, 3.05) is 0 Å². The average molecular weight is 342 g/mol. The highest BCUT2D eigenvalue weighted by Gasteiger charge is 2.31. The van der Waals surface area contributed by atoms with Crippen molar-refractivity contribution < 1.29 is 13.9 Å². The van der Waals surface area contributed by atoms with Gasteiger partial charge in [0.05, 0.1) is 23.9 Å². The molecular weight excluding hydrogens is 324 g/mol. The van der Waals surface area contributed by atoms with Crippen LogP contribution in [0, 0.1) is 6.92 Å². The lowest BCUT2D eigenvalue weighted by Gasteiger charge is -2.32. The van der Waals surface area contributed by atoms with Crippen LogP contribution in [0.3, 0.4) is 0 Å². The Kier molecular flexibility index (Phi) is 3.23. The molecule has 4 rings (SSSR count). The zero-order chi connectivity index (χ0) is 17.9. The van der Waals surface area contributed by atoms with Gasteiger partial charge in [-0.3, -0.25) is 14.2 Å². The van der Waals surface area contributed by atoms with Gasteiger partial charge >= 0.3 is 0 Å². The lowest BCUT2D eigenvalue weighted by Crippen LogP contribution is -2.32. The average Bonchev–Trinajstić information content (AvgIpc) is 2.88. The van der Waals surface area contributed by atoms with E-state index >= 15 is 0 Å². The fraction of sp³-hybridized carbons (Fsp3) is 0.412. The fourth-order valence-electron chi connectivity index (χ4n) is 3.34. The molecule has 2 N–H and O–H groups in total. The Hall–Kier alpha value is -2.74. The molecule has 0 unspecified atom stereocenters. The predicted molar refractivity (Wildman–Crippen MR) is 90.1 cm³/mol. The highest BCUT2D eigenvalue weighted by molar-refractivity contribution is 6.03. The Balaban J connectivity index is 2.06. The minimum Gasteiger partial charge on any atom is -0.430 e. The van der Waals surface area contributed by atoms with Gasteiger partial charge in [0, 0.05) is 17.7 Å². The van der Waals surface area contributed by atoms with Gasteiger partial charge in [-0.2, -0.15) is 0 Å². The smallest absolute Gasteiger partial charge is 0.297 e. The summed E-state index contributed by atoms with van der Waals surface area (Å²) in [6, 6.07) is 0. The Bertz CT molecular complexity index is 1090. The molecule has 3 aromatic rings. The zero-order valence-electron chi connectivity index (χ0n) is 14.3. The summed E-state index contributed by atoms with van der Waals surface area (Å²) in [6.45, 7) is 6.15. The third-order valence-electron chi connectivity index (χ3n) is 4.55. The van der Waals surface area contributed by atoms with Crippen LogP contribution >= 0.6 is 0 Å². The first-order valence-electron chi connectivity index (χ1n) is 7.99. The summed E-state index contributed by atoms with van der Waals surface area (Å²) in [7, 11) is 0. The number of amides is 1. The number of aromatic nitrogens is 3. The van der Waals surface area contributed by atoms with E-state index in [4.69, 9.17) is 14.9 Å². The molecule has 0 fully saturated rings. The summed E-state index contributed by atoms with van der Waals surface area (Å²) in [5.74, 6) is -0.621. The molecule has 0 bridgehead atoms. The standard InChI is InChI=1S/C17H18N4O4/c1-8-10-6-24-17(2,3)4-9(10)12-13-14(25-15(12)20-8)16(23)21(7-19-13)5-11(18)22/h7H,4-6H2,1-3H3,(H2,18,22). The lowest BCUT2D eigenvalue weighted by atomic mass is 9.89. The van der Waals surface area contributed by atoms with Crippen molar-refractivity contribution in [3.05, 3.63) is 33.5 Å². The molecule has 0 aliphatic carbocycles. The molecule has 0 atom stereocenters. The van der Waals surface area contributed by atoms with E-state index in [0.29, 0.717) is 24.3 Å². The number of hydrogen-bond acceptors (Lipinski definition) is 6. The molecular formula is C17H18N4O4. The number of rotatable bonds is 2. The third-order valence-corrected chi connectivity index (χ3v) is 4.55. The van der Waals surface area contributed by atoms with Gasteiger partial charge in [0.1, 0.15) is 12.1 Å². The molecule has 0 saturated carbocycles. The molecule has 1 amide bonds. The highest BCUT2D eigenvalue weighted by atomic mass is 16.5. The maximum Gasteiger partial charge on any atom is 0.297 e. The van der Waals surface area contributed by atoms with Crippen LogP contribution in [0.5, 0.6) is 0 Å². The second-order valence-corrected chi connectivity index (χ2v) is 6.98. The number of aryl methyl sites for hydroxylation is 1. The van der Waals surface area contributed by atoms with E-state index in [2.05, 4.69) is 9.97 Å². The topological polar surface area (TPSA) is 113 Å². The van der Waals surface area contributed by atoms with E-state index in [9.17, 15) is 9.59 Å². The molecule has 3 aromatic heterocycles. The van der Waals surface area contributed by atoms with Crippen molar-refractivity contribution in [1.29, 1.82) is 0 Å². The van der Waals surface area contributed by atoms with Crippen molar-refractivity contribution in [3.63, 3.8) is 0 Å². The first kappa shape index (κ1) is 15.8. The lowest BCUT2D eigenvalue weighted by molar-refractivity contribution is -0.118. The van der Waals surface area contributed by atoms with Crippen molar-refractivity contribution in [3.8, 4) is 0 Å². The van der Waals surface area contributed by atoms with Crippen molar-refractivity contribution >= 4 is 28.1 Å². The number of nitrogens with two attached hydrogens (primary N) is 1. The van der Waals surface area contributed by atoms with Crippen LogP contribution in [-0.2, 0) is 29.1 Å². The van der Waals surface area contributed by atoms with Crippen LogP contribution in [0.4, 0.5) is 0 Å². The van der Waals surface area contributed by atoms with Gasteiger partial charge in [-0.15, -0.1) is 0 Å². The first-order valence-corrected chi connectivity index (χ1v) is 7.99. The SMILES string of the molecule is Cc1nc2oc3c(=O)n(CC(N)=O)cnc3c2c2c1COC(C)(C)C2. The predicted octanol–water partition coefficient (Wildman–Crippen LogP) is 1.18. The molecule has 0 radical (unpaired) electrons. The van der Waals surface area contributed by atoms with Gasteiger partial charge in [0.2, 0.25) is 17.2 Å². The summed E-state index contributed by atoms with van der Waals surface area (Å²) in [4.78, 5) is 32.5. The first-order chi connectivity index (χ1) is 11.8. The van der Waals surface area contributed by atoms with Gasteiger partial charge in [-0.05, 0) is 26.3 Å². The summed E-state index contributed by atoms with van der Waals surface area (Å²) in [6.07, 6.45) is 1.99. The fourth-order valence-corrected chi connectivity index (χ4v) is 3.34. The summed E-state index contributed by atoms with van der Waals surface area (Å²) in [5, 5.41) is 0.746. The molecule has 0 saturated heterocycles. The third kappa shape index (κ3) is 2.41. The minimum absolute atomic E-state index is 0.0864. The Morgan fingerprint density at radius 3 is 2.88 bits per heavy atom. The largest absolute Gasteiger partial charge is 0.430 e. The molecule has 8 heteroatoms. The number of carbonyl (C=O) groups is 1. The number of fused-ring (bicyclic) bond motifs is 5. The van der Waals surface area contributed by atoms with Gasteiger partial charge in [-0.25, -0.2) is 9.97 Å². The van der Waals surface area contributed by atoms with E-state index in [1.54, 1.807) is 0 Å². The number of ether oxygens (including phenoxy) is 1. The van der Waals surface area contributed by atoms with Crippen LogP contribution in [0.2, 0.25) is 0 Å². The van der Waals surface area contributed by atoms with Crippen LogP contribution in [0.1, 0.15) is 30.7 Å².